The van der Waals surface area contributed by atoms with Crippen molar-refractivity contribution in [1.29, 1.82) is 0 Å². The van der Waals surface area contributed by atoms with E-state index >= 15 is 0 Å². The number of H-pyrrole nitrogens is 1. The van der Waals surface area contributed by atoms with E-state index in [0.29, 0.717) is 27.1 Å². The van der Waals surface area contributed by atoms with Crippen LogP contribution in [0.4, 0.5) is 10.1 Å². The molecule has 0 radical (unpaired) electrons. The summed E-state index contributed by atoms with van der Waals surface area (Å²) in [7, 11) is 0. The molecule has 2 rings (SSSR count). The SMILES string of the molecule is Cc1n[nH]c(C)c1C(=O)Nc1c(Cl)cc(F)cc1Br. The van der Waals surface area contributed by atoms with Crippen LogP contribution >= 0.6 is 27.5 Å². The molecule has 19 heavy (non-hydrogen) atoms. The number of benzene rings is 1. The Bertz CT molecular complexity index is 614. The van der Waals surface area contributed by atoms with Crippen molar-refractivity contribution < 1.29 is 9.18 Å². The van der Waals surface area contributed by atoms with E-state index in [9.17, 15) is 9.18 Å². The highest BCUT2D eigenvalue weighted by Crippen LogP contribution is 2.32. The van der Waals surface area contributed by atoms with Crippen LogP contribution in [-0.2, 0) is 0 Å². The summed E-state index contributed by atoms with van der Waals surface area (Å²) in [6, 6.07) is 2.37. The molecule has 2 aromatic rings. The molecular formula is C12H10BrClFN3O. The Hall–Kier alpha value is -1.40. The summed E-state index contributed by atoms with van der Waals surface area (Å²) in [4.78, 5) is 12.2. The molecule has 2 N–H and O–H groups in total. The third-order valence-corrected chi connectivity index (χ3v) is 3.52. The van der Waals surface area contributed by atoms with Crippen molar-refractivity contribution in [3.63, 3.8) is 0 Å². The maximum Gasteiger partial charge on any atom is 0.259 e. The van der Waals surface area contributed by atoms with E-state index < -0.39 is 5.82 Å². The van der Waals surface area contributed by atoms with Crippen LogP contribution in [-0.4, -0.2) is 16.1 Å². The number of halogens is 3. The van der Waals surface area contributed by atoms with E-state index in [-0.39, 0.29) is 10.9 Å². The van der Waals surface area contributed by atoms with Crippen LogP contribution in [0.1, 0.15) is 21.7 Å². The number of aryl methyl sites for hydroxylation is 2. The minimum absolute atomic E-state index is 0.124. The summed E-state index contributed by atoms with van der Waals surface area (Å²) < 4.78 is 13.5. The van der Waals surface area contributed by atoms with E-state index in [2.05, 4.69) is 31.4 Å². The molecule has 1 heterocycles. The van der Waals surface area contributed by atoms with Gasteiger partial charge in [-0.3, -0.25) is 9.89 Å². The lowest BCUT2D eigenvalue weighted by Gasteiger charge is -2.09. The molecule has 100 valence electrons. The molecule has 0 saturated carbocycles. The normalized spacial score (nSPS) is 10.6. The van der Waals surface area contributed by atoms with Crippen molar-refractivity contribution in [2.24, 2.45) is 0 Å². The lowest BCUT2D eigenvalue weighted by Crippen LogP contribution is -2.14. The number of carbonyl (C=O) groups is 1. The van der Waals surface area contributed by atoms with Crippen LogP contribution in [0.2, 0.25) is 5.02 Å². The molecule has 4 nitrogen and oxygen atoms in total. The predicted octanol–water partition coefficient (Wildman–Crippen LogP) is 3.83. The van der Waals surface area contributed by atoms with E-state index in [1.165, 1.54) is 6.07 Å². The summed E-state index contributed by atoms with van der Waals surface area (Å²) >= 11 is 9.08. The van der Waals surface area contributed by atoms with Gasteiger partial charge in [-0.25, -0.2) is 4.39 Å². The molecule has 1 amide bonds. The average molecular weight is 347 g/mol. The second kappa shape index (κ2) is 5.30. The number of nitrogens with one attached hydrogen (secondary N) is 2. The van der Waals surface area contributed by atoms with Crippen LogP contribution in [0.15, 0.2) is 16.6 Å². The van der Waals surface area contributed by atoms with E-state index in [1.807, 2.05) is 0 Å². The summed E-state index contributed by atoms with van der Waals surface area (Å²) in [6.45, 7) is 3.47. The number of hydrogen-bond donors (Lipinski definition) is 2. The zero-order chi connectivity index (χ0) is 14.2. The fourth-order valence-electron chi connectivity index (χ4n) is 1.72. The Morgan fingerprint density at radius 1 is 1.47 bits per heavy atom. The van der Waals surface area contributed by atoms with E-state index in [1.54, 1.807) is 13.8 Å². The third kappa shape index (κ3) is 2.79. The van der Waals surface area contributed by atoms with Crippen LogP contribution in [0.3, 0.4) is 0 Å². The predicted molar refractivity (Wildman–Crippen MR) is 75.1 cm³/mol. The molecule has 0 saturated heterocycles. The first kappa shape index (κ1) is 14.0. The van der Waals surface area contributed by atoms with Gasteiger partial charge in [-0.2, -0.15) is 5.10 Å². The zero-order valence-electron chi connectivity index (χ0n) is 10.1. The second-order valence-electron chi connectivity index (χ2n) is 4.01. The van der Waals surface area contributed by atoms with Gasteiger partial charge < -0.3 is 5.32 Å². The largest absolute Gasteiger partial charge is 0.320 e. The highest BCUT2D eigenvalue weighted by Gasteiger charge is 2.18. The molecule has 0 aliphatic rings. The van der Waals surface area contributed by atoms with Crippen molar-refractivity contribution in [2.45, 2.75) is 13.8 Å². The highest BCUT2D eigenvalue weighted by atomic mass is 79.9. The monoisotopic (exact) mass is 345 g/mol. The van der Waals surface area contributed by atoms with Crippen molar-refractivity contribution in [3.05, 3.63) is 44.4 Å². The summed E-state index contributed by atoms with van der Waals surface area (Å²) in [5.74, 6) is -0.830. The van der Waals surface area contributed by atoms with Gasteiger partial charge in [0.15, 0.2) is 0 Å². The number of hydrogen-bond acceptors (Lipinski definition) is 2. The Morgan fingerprint density at radius 2 is 2.16 bits per heavy atom. The maximum absolute atomic E-state index is 13.1. The summed E-state index contributed by atoms with van der Waals surface area (Å²) in [5, 5.41) is 9.44. The maximum atomic E-state index is 13.1. The van der Waals surface area contributed by atoms with Crippen molar-refractivity contribution >= 4 is 39.1 Å². The lowest BCUT2D eigenvalue weighted by molar-refractivity contribution is 0.102. The zero-order valence-corrected chi connectivity index (χ0v) is 12.5. The molecule has 0 atom stereocenters. The number of rotatable bonds is 2. The molecular weight excluding hydrogens is 337 g/mol. The van der Waals surface area contributed by atoms with Gasteiger partial charge in [0.05, 0.1) is 22.0 Å². The Labute approximate surface area is 122 Å². The number of aromatic nitrogens is 2. The molecule has 7 heteroatoms. The minimum atomic E-state index is -0.481. The second-order valence-corrected chi connectivity index (χ2v) is 5.27. The van der Waals surface area contributed by atoms with Gasteiger partial charge in [0.2, 0.25) is 0 Å². The van der Waals surface area contributed by atoms with Gasteiger partial charge in [0.1, 0.15) is 5.82 Å². The third-order valence-electron chi connectivity index (χ3n) is 2.60. The molecule has 1 aromatic heterocycles. The van der Waals surface area contributed by atoms with Crippen LogP contribution in [0.25, 0.3) is 0 Å². The summed E-state index contributed by atoms with van der Waals surface area (Å²) in [5.41, 5.74) is 2.02. The first-order valence-corrected chi connectivity index (χ1v) is 6.54. The van der Waals surface area contributed by atoms with E-state index in [4.69, 9.17) is 11.6 Å². The molecule has 0 unspecified atom stereocenters. The molecule has 0 aliphatic carbocycles. The molecule has 0 spiro atoms. The Morgan fingerprint density at radius 3 is 2.68 bits per heavy atom. The number of anilines is 1. The minimum Gasteiger partial charge on any atom is -0.320 e. The molecule has 0 aliphatic heterocycles. The van der Waals surface area contributed by atoms with Crippen LogP contribution in [0.5, 0.6) is 0 Å². The lowest BCUT2D eigenvalue weighted by atomic mass is 10.2. The topological polar surface area (TPSA) is 57.8 Å². The van der Waals surface area contributed by atoms with Crippen molar-refractivity contribution in [2.75, 3.05) is 5.32 Å². The van der Waals surface area contributed by atoms with Gasteiger partial charge in [0.25, 0.3) is 5.91 Å². The average Bonchev–Trinajstić information content (AvgIpc) is 2.63. The quantitative estimate of drug-likeness (QED) is 0.868. The summed E-state index contributed by atoms with van der Waals surface area (Å²) in [6.07, 6.45) is 0. The van der Waals surface area contributed by atoms with Crippen molar-refractivity contribution in [3.8, 4) is 0 Å². The van der Waals surface area contributed by atoms with Gasteiger partial charge >= 0.3 is 0 Å². The number of aromatic amines is 1. The standard InChI is InChI=1S/C12H10BrClFN3O/c1-5-10(6(2)18-17-5)12(19)16-11-8(13)3-7(15)4-9(11)14/h3-4H,1-2H3,(H,16,19)(H,17,18). The van der Waals surface area contributed by atoms with Gasteiger partial charge in [-0.05, 0) is 41.9 Å². The Kier molecular flexibility index (Phi) is 3.91. The van der Waals surface area contributed by atoms with Crippen molar-refractivity contribution in [1.82, 2.24) is 10.2 Å². The van der Waals surface area contributed by atoms with Gasteiger partial charge in [-0.15, -0.1) is 0 Å². The van der Waals surface area contributed by atoms with Crippen LogP contribution in [0, 0.1) is 19.7 Å². The van der Waals surface area contributed by atoms with Gasteiger partial charge in [-0.1, -0.05) is 11.6 Å². The van der Waals surface area contributed by atoms with Gasteiger partial charge in [0, 0.05) is 10.2 Å². The first-order chi connectivity index (χ1) is 8.90. The van der Waals surface area contributed by atoms with Crippen LogP contribution < -0.4 is 5.32 Å². The molecule has 0 fully saturated rings. The Balaban J connectivity index is 2.35. The number of amides is 1. The fraction of sp³-hybridized carbons (Fsp3) is 0.167. The molecule has 1 aromatic carbocycles. The molecule has 0 bridgehead atoms. The highest BCUT2D eigenvalue weighted by molar-refractivity contribution is 9.10. The van der Waals surface area contributed by atoms with E-state index in [0.717, 1.165) is 6.07 Å². The smallest absolute Gasteiger partial charge is 0.259 e. The number of carbonyl (C=O) groups excluding carboxylic acids is 1. The number of nitrogens with zero attached hydrogens (tertiary/aromatic N) is 1. The fourth-order valence-corrected chi connectivity index (χ4v) is 2.62. The first-order valence-electron chi connectivity index (χ1n) is 5.37.